The van der Waals surface area contributed by atoms with E-state index in [1.807, 2.05) is 24.3 Å². The number of anilines is 1. The number of hydrogen-bond donors (Lipinski definition) is 1. The minimum absolute atomic E-state index is 0.0297. The van der Waals surface area contributed by atoms with E-state index in [-0.39, 0.29) is 6.61 Å². The summed E-state index contributed by atoms with van der Waals surface area (Å²) >= 11 is 0. The lowest BCUT2D eigenvalue weighted by molar-refractivity contribution is 0.0252. The van der Waals surface area contributed by atoms with Gasteiger partial charge in [-0.2, -0.15) is 0 Å². The zero-order chi connectivity index (χ0) is 14.2. The van der Waals surface area contributed by atoms with Gasteiger partial charge in [0.05, 0.1) is 30.9 Å². The predicted molar refractivity (Wildman–Crippen MR) is 82.4 cm³/mol. The molecule has 1 saturated heterocycles. The van der Waals surface area contributed by atoms with Crippen molar-refractivity contribution in [2.45, 2.75) is 38.0 Å². The Balaban J connectivity index is 1.80. The highest BCUT2D eigenvalue weighted by Gasteiger charge is 2.37. The zero-order valence-corrected chi connectivity index (χ0v) is 12.0. The number of hydrogen-bond acceptors (Lipinski definition) is 4. The van der Waals surface area contributed by atoms with Gasteiger partial charge in [-0.3, -0.25) is 0 Å². The molecule has 2 heterocycles. The van der Waals surface area contributed by atoms with Crippen LogP contribution in [-0.4, -0.2) is 35.4 Å². The molecular formula is C17H20N2O2. The lowest BCUT2D eigenvalue weighted by atomic mass is 10.1. The Hall–Kier alpha value is -1.65. The molecule has 0 spiro atoms. The number of nitrogens with zero attached hydrogens (tertiary/aromatic N) is 2. The highest BCUT2D eigenvalue weighted by Crippen LogP contribution is 2.34. The van der Waals surface area contributed by atoms with Crippen LogP contribution in [0.2, 0.25) is 0 Å². The third-order valence-electron chi connectivity index (χ3n) is 4.70. The Kier molecular flexibility index (Phi) is 3.28. The number of para-hydroxylation sites is 1. The summed E-state index contributed by atoms with van der Waals surface area (Å²) in [6.45, 7) is 1.64. The van der Waals surface area contributed by atoms with Crippen LogP contribution in [0.15, 0.2) is 30.3 Å². The van der Waals surface area contributed by atoms with E-state index in [0.717, 1.165) is 48.3 Å². The fourth-order valence-electron chi connectivity index (χ4n) is 3.70. The average Bonchev–Trinajstić information content (AvgIpc) is 3.02. The normalized spacial score (nSPS) is 25.3. The first-order chi connectivity index (χ1) is 10.4. The Labute approximate surface area is 124 Å². The molecule has 2 atom stereocenters. The maximum atomic E-state index is 9.75. The summed E-state index contributed by atoms with van der Waals surface area (Å²) in [5.41, 5.74) is 1.91. The van der Waals surface area contributed by atoms with Gasteiger partial charge in [-0.05, 0) is 31.4 Å². The van der Waals surface area contributed by atoms with Crippen molar-refractivity contribution in [2.75, 3.05) is 18.1 Å². The molecule has 1 saturated carbocycles. The molecule has 0 radical (unpaired) electrons. The number of benzene rings is 1. The van der Waals surface area contributed by atoms with Crippen LogP contribution in [0.5, 0.6) is 0 Å². The molecule has 1 aliphatic heterocycles. The van der Waals surface area contributed by atoms with Gasteiger partial charge in [0.2, 0.25) is 0 Å². The average molecular weight is 284 g/mol. The number of rotatable bonds is 2. The monoisotopic (exact) mass is 284 g/mol. The molecule has 110 valence electrons. The SMILES string of the molecule is OCc1cc2ccccc2nc1N1CCOC2CCCC21. The lowest BCUT2D eigenvalue weighted by Gasteiger charge is -2.39. The summed E-state index contributed by atoms with van der Waals surface area (Å²) < 4.78 is 5.88. The quantitative estimate of drug-likeness (QED) is 0.920. The van der Waals surface area contributed by atoms with Crippen LogP contribution in [0.25, 0.3) is 10.9 Å². The fourth-order valence-corrected chi connectivity index (χ4v) is 3.70. The number of aliphatic hydroxyl groups is 1. The van der Waals surface area contributed by atoms with E-state index < -0.39 is 0 Å². The predicted octanol–water partition coefficient (Wildman–Crippen LogP) is 2.48. The van der Waals surface area contributed by atoms with Crippen LogP contribution in [0, 0.1) is 0 Å². The van der Waals surface area contributed by atoms with Gasteiger partial charge in [-0.1, -0.05) is 18.2 Å². The van der Waals surface area contributed by atoms with Crippen molar-refractivity contribution in [3.05, 3.63) is 35.9 Å². The molecule has 4 heteroatoms. The van der Waals surface area contributed by atoms with E-state index in [2.05, 4.69) is 11.0 Å². The number of fused-ring (bicyclic) bond motifs is 2. The molecule has 1 aliphatic carbocycles. The van der Waals surface area contributed by atoms with Crippen LogP contribution in [0.1, 0.15) is 24.8 Å². The molecule has 1 N–H and O–H groups in total. The first-order valence-electron chi connectivity index (χ1n) is 7.74. The van der Waals surface area contributed by atoms with E-state index >= 15 is 0 Å². The van der Waals surface area contributed by atoms with Crippen molar-refractivity contribution in [3.8, 4) is 0 Å². The summed E-state index contributed by atoms with van der Waals surface area (Å²) in [4.78, 5) is 7.20. The summed E-state index contributed by atoms with van der Waals surface area (Å²) in [5, 5.41) is 10.8. The first kappa shape index (κ1) is 13.0. The molecule has 0 amide bonds. The van der Waals surface area contributed by atoms with Crippen molar-refractivity contribution in [2.24, 2.45) is 0 Å². The highest BCUT2D eigenvalue weighted by molar-refractivity contribution is 5.81. The zero-order valence-electron chi connectivity index (χ0n) is 12.0. The Morgan fingerprint density at radius 1 is 1.29 bits per heavy atom. The maximum Gasteiger partial charge on any atom is 0.135 e. The summed E-state index contributed by atoms with van der Waals surface area (Å²) in [7, 11) is 0. The summed E-state index contributed by atoms with van der Waals surface area (Å²) in [6, 6.07) is 10.6. The van der Waals surface area contributed by atoms with Crippen LogP contribution in [-0.2, 0) is 11.3 Å². The molecule has 1 aromatic carbocycles. The molecule has 2 aromatic rings. The molecule has 4 rings (SSSR count). The van der Waals surface area contributed by atoms with Gasteiger partial charge in [0.25, 0.3) is 0 Å². The minimum Gasteiger partial charge on any atom is -0.392 e. The van der Waals surface area contributed by atoms with E-state index in [1.165, 1.54) is 6.42 Å². The molecule has 2 fully saturated rings. The smallest absolute Gasteiger partial charge is 0.135 e. The maximum absolute atomic E-state index is 9.75. The first-order valence-corrected chi connectivity index (χ1v) is 7.74. The molecule has 4 nitrogen and oxygen atoms in total. The van der Waals surface area contributed by atoms with Gasteiger partial charge in [0, 0.05) is 17.5 Å². The fraction of sp³-hybridized carbons (Fsp3) is 0.471. The topological polar surface area (TPSA) is 45.6 Å². The minimum atomic E-state index is 0.0297. The third kappa shape index (κ3) is 2.19. The summed E-state index contributed by atoms with van der Waals surface area (Å²) in [5.74, 6) is 0.941. The number of aromatic nitrogens is 1. The Bertz CT molecular complexity index is 658. The number of pyridine rings is 1. The van der Waals surface area contributed by atoms with Gasteiger partial charge in [0.15, 0.2) is 0 Å². The Morgan fingerprint density at radius 3 is 3.10 bits per heavy atom. The van der Waals surface area contributed by atoms with Crippen molar-refractivity contribution in [1.29, 1.82) is 0 Å². The van der Waals surface area contributed by atoms with Crippen molar-refractivity contribution < 1.29 is 9.84 Å². The standard InChI is InChI=1S/C17H20N2O2/c20-11-13-10-12-4-1-2-5-14(12)18-17(13)19-8-9-21-16-7-3-6-15(16)19/h1-2,4-5,10,15-16,20H,3,6-9,11H2. The van der Waals surface area contributed by atoms with Crippen LogP contribution < -0.4 is 4.90 Å². The van der Waals surface area contributed by atoms with E-state index in [4.69, 9.17) is 9.72 Å². The largest absolute Gasteiger partial charge is 0.392 e. The van der Waals surface area contributed by atoms with Gasteiger partial charge < -0.3 is 14.7 Å². The number of aliphatic hydroxyl groups excluding tert-OH is 1. The van der Waals surface area contributed by atoms with Gasteiger partial charge in [-0.15, -0.1) is 0 Å². The second kappa shape index (κ2) is 5.28. The van der Waals surface area contributed by atoms with Crippen molar-refractivity contribution in [1.82, 2.24) is 4.98 Å². The van der Waals surface area contributed by atoms with Gasteiger partial charge in [0.1, 0.15) is 5.82 Å². The molecule has 2 unspecified atom stereocenters. The van der Waals surface area contributed by atoms with Crippen LogP contribution >= 0.6 is 0 Å². The van der Waals surface area contributed by atoms with Crippen molar-refractivity contribution in [3.63, 3.8) is 0 Å². The van der Waals surface area contributed by atoms with Gasteiger partial charge >= 0.3 is 0 Å². The van der Waals surface area contributed by atoms with Gasteiger partial charge in [-0.25, -0.2) is 4.98 Å². The third-order valence-corrected chi connectivity index (χ3v) is 4.70. The number of ether oxygens (including phenoxy) is 1. The second-order valence-electron chi connectivity index (χ2n) is 5.92. The molecule has 0 bridgehead atoms. The van der Waals surface area contributed by atoms with E-state index in [1.54, 1.807) is 0 Å². The molecule has 21 heavy (non-hydrogen) atoms. The van der Waals surface area contributed by atoms with E-state index in [0.29, 0.717) is 12.1 Å². The lowest BCUT2D eigenvalue weighted by Crippen LogP contribution is -2.49. The Morgan fingerprint density at radius 2 is 2.19 bits per heavy atom. The summed E-state index contributed by atoms with van der Waals surface area (Å²) in [6.07, 6.45) is 3.85. The van der Waals surface area contributed by atoms with E-state index in [9.17, 15) is 5.11 Å². The van der Waals surface area contributed by atoms with Crippen molar-refractivity contribution >= 4 is 16.7 Å². The second-order valence-corrected chi connectivity index (χ2v) is 5.92. The molecule has 1 aromatic heterocycles. The highest BCUT2D eigenvalue weighted by atomic mass is 16.5. The van der Waals surface area contributed by atoms with Crippen LogP contribution in [0.3, 0.4) is 0 Å². The number of morpholine rings is 1. The molecule has 2 aliphatic rings. The molecular weight excluding hydrogens is 264 g/mol. The van der Waals surface area contributed by atoms with Crippen LogP contribution in [0.4, 0.5) is 5.82 Å².